The van der Waals surface area contributed by atoms with Crippen LogP contribution in [0.3, 0.4) is 0 Å². The van der Waals surface area contributed by atoms with Crippen molar-refractivity contribution in [3.8, 4) is 0 Å². The number of fused-ring (bicyclic) bond motifs is 1. The van der Waals surface area contributed by atoms with Gasteiger partial charge in [0.25, 0.3) is 5.91 Å². The first kappa shape index (κ1) is 19.5. The maximum atomic E-state index is 13.5. The molecule has 1 fully saturated rings. The number of hydroxylamine groups is 1. The van der Waals surface area contributed by atoms with Crippen LogP contribution in [0.1, 0.15) is 53.6 Å². The summed E-state index contributed by atoms with van der Waals surface area (Å²) >= 11 is 0. The van der Waals surface area contributed by atoms with Gasteiger partial charge in [-0.2, -0.15) is 0 Å². The van der Waals surface area contributed by atoms with Gasteiger partial charge in [0, 0.05) is 25.5 Å². The molecule has 1 aromatic heterocycles. The van der Waals surface area contributed by atoms with E-state index in [-0.39, 0.29) is 11.4 Å². The van der Waals surface area contributed by atoms with E-state index in [0.717, 1.165) is 50.8 Å². The molecule has 0 atom stereocenters. The highest BCUT2D eigenvalue weighted by Gasteiger charge is 2.22. The first-order valence-corrected chi connectivity index (χ1v) is 10.1. The molecule has 2 heterocycles. The van der Waals surface area contributed by atoms with Crippen LogP contribution in [0.4, 0.5) is 10.3 Å². The average Bonchev–Trinajstić information content (AvgIpc) is 3.16. The SMILES string of the molecule is O=C(NO)c1cnc(N2CCC(CCCC3=CCc4ccc(F)cc43)CC2)nc1. The number of anilines is 1. The number of carbonyl (C=O) groups is 1. The molecule has 1 saturated heterocycles. The molecular weight excluding hydrogens is 371 g/mol. The molecule has 0 saturated carbocycles. The fourth-order valence-electron chi connectivity index (χ4n) is 4.27. The van der Waals surface area contributed by atoms with E-state index in [2.05, 4.69) is 20.9 Å². The maximum absolute atomic E-state index is 13.5. The highest BCUT2D eigenvalue weighted by Crippen LogP contribution is 2.33. The van der Waals surface area contributed by atoms with Gasteiger partial charge in [0.05, 0.1) is 5.56 Å². The Kier molecular flexibility index (Phi) is 5.85. The lowest BCUT2D eigenvalue weighted by Gasteiger charge is -2.32. The van der Waals surface area contributed by atoms with Crippen molar-refractivity contribution in [3.05, 3.63) is 59.2 Å². The Hall–Kier alpha value is -2.80. The minimum absolute atomic E-state index is 0.156. The van der Waals surface area contributed by atoms with Crippen LogP contribution in [-0.2, 0) is 6.42 Å². The number of piperidine rings is 1. The number of hydrogen-bond donors (Lipinski definition) is 2. The minimum Gasteiger partial charge on any atom is -0.341 e. The third-order valence-corrected chi connectivity index (χ3v) is 5.94. The molecule has 1 aliphatic carbocycles. The van der Waals surface area contributed by atoms with E-state index in [1.807, 2.05) is 6.07 Å². The van der Waals surface area contributed by atoms with Crippen molar-refractivity contribution >= 4 is 17.4 Å². The summed E-state index contributed by atoms with van der Waals surface area (Å²) in [5.74, 6) is 0.529. The van der Waals surface area contributed by atoms with E-state index in [9.17, 15) is 9.18 Å². The summed E-state index contributed by atoms with van der Waals surface area (Å²) in [6.07, 6.45) is 11.5. The normalized spacial score (nSPS) is 16.5. The van der Waals surface area contributed by atoms with Crippen molar-refractivity contribution in [2.45, 2.75) is 38.5 Å². The van der Waals surface area contributed by atoms with Gasteiger partial charge in [-0.3, -0.25) is 10.0 Å². The van der Waals surface area contributed by atoms with E-state index in [0.29, 0.717) is 11.9 Å². The predicted octanol–water partition coefficient (Wildman–Crippen LogP) is 3.76. The van der Waals surface area contributed by atoms with Crippen LogP contribution in [0.2, 0.25) is 0 Å². The van der Waals surface area contributed by atoms with Crippen LogP contribution in [0.5, 0.6) is 0 Å². The van der Waals surface area contributed by atoms with Crippen LogP contribution in [-0.4, -0.2) is 34.2 Å². The maximum Gasteiger partial charge on any atom is 0.277 e. The molecule has 2 aliphatic rings. The van der Waals surface area contributed by atoms with Crippen LogP contribution in [0, 0.1) is 11.7 Å². The van der Waals surface area contributed by atoms with Crippen molar-refractivity contribution in [2.24, 2.45) is 5.92 Å². The van der Waals surface area contributed by atoms with E-state index in [4.69, 9.17) is 5.21 Å². The molecule has 6 nitrogen and oxygen atoms in total. The molecule has 152 valence electrons. The molecule has 4 rings (SSSR count). The van der Waals surface area contributed by atoms with Gasteiger partial charge < -0.3 is 4.90 Å². The van der Waals surface area contributed by atoms with Crippen molar-refractivity contribution in [2.75, 3.05) is 18.0 Å². The average molecular weight is 396 g/mol. The van der Waals surface area contributed by atoms with Gasteiger partial charge in [-0.15, -0.1) is 0 Å². The number of nitrogens with zero attached hydrogens (tertiary/aromatic N) is 3. The molecule has 2 aromatic rings. The second-order valence-electron chi connectivity index (χ2n) is 7.77. The number of nitrogens with one attached hydrogen (secondary N) is 1. The Balaban J connectivity index is 1.23. The molecule has 2 N–H and O–H groups in total. The first-order chi connectivity index (χ1) is 14.1. The van der Waals surface area contributed by atoms with Crippen LogP contribution in [0.15, 0.2) is 36.7 Å². The highest BCUT2D eigenvalue weighted by molar-refractivity contribution is 5.92. The monoisotopic (exact) mass is 396 g/mol. The molecule has 29 heavy (non-hydrogen) atoms. The van der Waals surface area contributed by atoms with Crippen molar-refractivity contribution in [1.29, 1.82) is 0 Å². The third kappa shape index (κ3) is 4.45. The van der Waals surface area contributed by atoms with Crippen molar-refractivity contribution < 1.29 is 14.4 Å². The minimum atomic E-state index is -0.613. The topological polar surface area (TPSA) is 78.3 Å². The number of halogens is 1. The summed E-state index contributed by atoms with van der Waals surface area (Å²) < 4.78 is 13.5. The molecule has 1 aliphatic heterocycles. The fraction of sp³-hybridized carbons (Fsp3) is 0.409. The lowest BCUT2D eigenvalue weighted by atomic mass is 9.90. The zero-order valence-electron chi connectivity index (χ0n) is 16.3. The number of aromatic nitrogens is 2. The smallest absolute Gasteiger partial charge is 0.277 e. The molecule has 0 unspecified atom stereocenters. The van der Waals surface area contributed by atoms with Gasteiger partial charge in [-0.1, -0.05) is 12.1 Å². The van der Waals surface area contributed by atoms with Crippen LogP contribution in [0.25, 0.3) is 5.57 Å². The summed E-state index contributed by atoms with van der Waals surface area (Å²) in [7, 11) is 0. The second kappa shape index (κ2) is 8.69. The number of benzene rings is 1. The standard InChI is InChI=1S/C22H25FN4O2/c23-19-7-6-17-5-4-16(20(17)12-19)3-1-2-15-8-10-27(11-9-15)22-24-13-18(14-25-22)21(28)26-29/h4,6-7,12-15,29H,1-3,5,8-11H2,(H,26,28). The number of carbonyl (C=O) groups excluding carboxylic acids is 1. The zero-order chi connectivity index (χ0) is 20.2. The van der Waals surface area contributed by atoms with Gasteiger partial charge >= 0.3 is 0 Å². The highest BCUT2D eigenvalue weighted by atomic mass is 19.1. The summed E-state index contributed by atoms with van der Waals surface area (Å²) in [5.41, 5.74) is 5.42. The summed E-state index contributed by atoms with van der Waals surface area (Å²) in [5, 5.41) is 8.65. The molecular formula is C22H25FN4O2. The van der Waals surface area contributed by atoms with Gasteiger partial charge in [0.2, 0.25) is 5.95 Å². The van der Waals surface area contributed by atoms with E-state index >= 15 is 0 Å². The molecule has 1 amide bonds. The molecule has 0 spiro atoms. The van der Waals surface area contributed by atoms with E-state index in [1.54, 1.807) is 17.6 Å². The van der Waals surface area contributed by atoms with Gasteiger partial charge in [0.15, 0.2) is 0 Å². The summed E-state index contributed by atoms with van der Waals surface area (Å²) in [4.78, 5) is 22.0. The van der Waals surface area contributed by atoms with E-state index in [1.165, 1.54) is 30.0 Å². The third-order valence-electron chi connectivity index (χ3n) is 5.94. The van der Waals surface area contributed by atoms with Crippen molar-refractivity contribution in [3.63, 3.8) is 0 Å². The van der Waals surface area contributed by atoms with E-state index < -0.39 is 5.91 Å². The predicted molar refractivity (Wildman–Crippen MR) is 108 cm³/mol. The molecule has 0 radical (unpaired) electrons. The Morgan fingerprint density at radius 3 is 2.72 bits per heavy atom. The summed E-state index contributed by atoms with van der Waals surface area (Å²) in [6, 6.07) is 5.11. The Bertz CT molecular complexity index is 906. The first-order valence-electron chi connectivity index (χ1n) is 10.1. The zero-order valence-corrected chi connectivity index (χ0v) is 16.3. The number of allylic oxidation sites excluding steroid dienone is 2. The largest absolute Gasteiger partial charge is 0.341 e. The quantitative estimate of drug-likeness (QED) is 0.574. The Labute approximate surface area is 169 Å². The Morgan fingerprint density at radius 1 is 1.24 bits per heavy atom. The van der Waals surface area contributed by atoms with Crippen molar-refractivity contribution in [1.82, 2.24) is 15.4 Å². The van der Waals surface area contributed by atoms with Gasteiger partial charge in [-0.05, 0) is 73.3 Å². The van der Waals surface area contributed by atoms with Gasteiger partial charge in [-0.25, -0.2) is 19.8 Å². The summed E-state index contributed by atoms with van der Waals surface area (Å²) in [6.45, 7) is 1.79. The molecule has 7 heteroatoms. The second-order valence-corrected chi connectivity index (χ2v) is 7.77. The van der Waals surface area contributed by atoms with Gasteiger partial charge in [0.1, 0.15) is 5.82 Å². The number of amides is 1. The molecule has 1 aromatic carbocycles. The lowest BCUT2D eigenvalue weighted by molar-refractivity contribution is 0.0705. The number of rotatable bonds is 6. The van der Waals surface area contributed by atoms with Crippen LogP contribution < -0.4 is 10.4 Å². The Morgan fingerprint density at radius 2 is 2.00 bits per heavy atom. The lowest BCUT2D eigenvalue weighted by Crippen LogP contribution is -2.35. The number of hydrogen-bond acceptors (Lipinski definition) is 5. The van der Waals surface area contributed by atoms with Crippen LogP contribution >= 0.6 is 0 Å². The fourth-order valence-corrected chi connectivity index (χ4v) is 4.27. The molecule has 0 bridgehead atoms.